The van der Waals surface area contributed by atoms with Crippen molar-refractivity contribution in [1.29, 1.82) is 0 Å². The Morgan fingerprint density at radius 1 is 0.914 bits per heavy atom. The highest BCUT2D eigenvalue weighted by molar-refractivity contribution is 9.10. The highest BCUT2D eigenvalue weighted by Gasteiger charge is 2.12. The highest BCUT2D eigenvalue weighted by atomic mass is 79.9. The minimum absolute atomic E-state index is 0.119. The van der Waals surface area contributed by atoms with Gasteiger partial charge in [0.25, 0.3) is 5.89 Å². The van der Waals surface area contributed by atoms with Gasteiger partial charge in [0, 0.05) is 33.4 Å². The summed E-state index contributed by atoms with van der Waals surface area (Å²) in [5.74, 6) is 0.0661. The van der Waals surface area contributed by atoms with Gasteiger partial charge in [-0.15, -0.1) is 10.2 Å². The van der Waals surface area contributed by atoms with Gasteiger partial charge in [0.05, 0.1) is 11.4 Å². The van der Waals surface area contributed by atoms with Crippen LogP contribution in [0, 0.1) is 0 Å². The molecule has 0 bridgehead atoms. The first-order chi connectivity index (χ1) is 17.2. The predicted molar refractivity (Wildman–Crippen MR) is 135 cm³/mol. The molecular formula is C27H19BrN4O3. The average molecular weight is 527 g/mol. The van der Waals surface area contributed by atoms with Crippen LogP contribution in [0.5, 0.6) is 0 Å². The summed E-state index contributed by atoms with van der Waals surface area (Å²) in [7, 11) is 0. The van der Waals surface area contributed by atoms with E-state index >= 15 is 0 Å². The van der Waals surface area contributed by atoms with Crippen molar-refractivity contribution in [2.24, 2.45) is 0 Å². The lowest BCUT2D eigenvalue weighted by Crippen LogP contribution is -2.01. The molecule has 0 N–H and O–H groups in total. The van der Waals surface area contributed by atoms with E-state index < -0.39 is 5.97 Å². The Bertz CT molecular complexity index is 1460. The summed E-state index contributed by atoms with van der Waals surface area (Å²) in [4.78, 5) is 12.4. The van der Waals surface area contributed by atoms with E-state index in [4.69, 9.17) is 14.3 Å². The van der Waals surface area contributed by atoms with Crippen LogP contribution in [-0.4, -0.2) is 25.9 Å². The maximum absolute atomic E-state index is 12.4. The number of hydrogen-bond donors (Lipinski definition) is 0. The fourth-order valence-corrected chi connectivity index (χ4v) is 3.67. The number of carbonyl (C=O) groups excluding carboxylic acids is 1. The topological polar surface area (TPSA) is 83.0 Å². The van der Waals surface area contributed by atoms with Crippen LogP contribution in [0.15, 0.2) is 106 Å². The second kappa shape index (κ2) is 10.3. The van der Waals surface area contributed by atoms with Crippen LogP contribution in [0.4, 0.5) is 0 Å². The normalized spacial score (nSPS) is 11.1. The van der Waals surface area contributed by atoms with Crippen molar-refractivity contribution < 1.29 is 13.9 Å². The lowest BCUT2D eigenvalue weighted by Gasteiger charge is -2.01. The third-order valence-electron chi connectivity index (χ3n) is 5.11. The average Bonchev–Trinajstić information content (AvgIpc) is 3.55. The van der Waals surface area contributed by atoms with Crippen LogP contribution in [0.3, 0.4) is 0 Å². The number of esters is 1. The Kier molecular flexibility index (Phi) is 6.63. The quantitative estimate of drug-likeness (QED) is 0.188. The molecule has 5 aromatic rings. The fourth-order valence-electron chi connectivity index (χ4n) is 3.40. The number of benzene rings is 3. The summed E-state index contributed by atoms with van der Waals surface area (Å²) >= 11 is 3.46. The Morgan fingerprint density at radius 3 is 2.37 bits per heavy atom. The van der Waals surface area contributed by atoms with Crippen molar-refractivity contribution in [3.8, 4) is 28.4 Å². The van der Waals surface area contributed by atoms with Gasteiger partial charge in [0.1, 0.15) is 0 Å². The van der Waals surface area contributed by atoms with Gasteiger partial charge in [-0.3, -0.25) is 0 Å². The molecule has 0 amide bonds. The molecule has 3 aromatic carbocycles. The molecule has 0 spiro atoms. The Morgan fingerprint density at radius 2 is 1.63 bits per heavy atom. The van der Waals surface area contributed by atoms with Crippen molar-refractivity contribution >= 4 is 28.0 Å². The third-order valence-corrected chi connectivity index (χ3v) is 5.63. The second-order valence-corrected chi connectivity index (χ2v) is 8.44. The fraction of sp³-hybridized carbons (Fsp3) is 0.0370. The molecule has 2 heterocycles. The van der Waals surface area contributed by atoms with Crippen molar-refractivity contribution in [1.82, 2.24) is 20.0 Å². The number of carbonyl (C=O) groups is 1. The minimum Gasteiger partial charge on any atom is -0.452 e. The van der Waals surface area contributed by atoms with Gasteiger partial charge < -0.3 is 9.15 Å². The van der Waals surface area contributed by atoms with E-state index in [1.165, 1.54) is 6.08 Å². The Hall–Kier alpha value is -4.30. The zero-order valence-corrected chi connectivity index (χ0v) is 20.0. The number of hydrogen-bond acceptors (Lipinski definition) is 6. The molecule has 0 saturated carbocycles. The zero-order valence-electron chi connectivity index (χ0n) is 18.4. The van der Waals surface area contributed by atoms with E-state index in [2.05, 4.69) is 26.1 Å². The molecular weight excluding hydrogens is 508 g/mol. The minimum atomic E-state index is -0.529. The summed E-state index contributed by atoms with van der Waals surface area (Å²) in [6.45, 7) is -0.119. The maximum Gasteiger partial charge on any atom is 0.331 e. The molecule has 0 unspecified atom stereocenters. The first-order valence-electron chi connectivity index (χ1n) is 10.8. The first kappa shape index (κ1) is 22.5. The van der Waals surface area contributed by atoms with Crippen LogP contribution < -0.4 is 0 Å². The number of ether oxygens (including phenoxy) is 1. The molecule has 0 aliphatic carbocycles. The van der Waals surface area contributed by atoms with Crippen LogP contribution in [0.1, 0.15) is 11.5 Å². The molecule has 0 radical (unpaired) electrons. The lowest BCUT2D eigenvalue weighted by molar-refractivity contribution is -0.139. The van der Waals surface area contributed by atoms with Crippen LogP contribution in [0.25, 0.3) is 34.5 Å². The van der Waals surface area contributed by atoms with E-state index in [0.29, 0.717) is 5.89 Å². The molecule has 8 heteroatoms. The molecule has 7 nitrogen and oxygen atoms in total. The predicted octanol–water partition coefficient (Wildman–Crippen LogP) is 6.11. The zero-order chi connectivity index (χ0) is 24.0. The maximum atomic E-state index is 12.4. The van der Waals surface area contributed by atoms with Crippen LogP contribution >= 0.6 is 15.9 Å². The van der Waals surface area contributed by atoms with Gasteiger partial charge in [0.15, 0.2) is 6.61 Å². The molecule has 5 rings (SSSR count). The number of para-hydroxylation sites is 1. The third kappa shape index (κ3) is 5.44. The van der Waals surface area contributed by atoms with Crippen molar-refractivity contribution in [2.45, 2.75) is 6.61 Å². The molecule has 2 aromatic heterocycles. The first-order valence-corrected chi connectivity index (χ1v) is 11.6. The van der Waals surface area contributed by atoms with Gasteiger partial charge in [0.2, 0.25) is 5.89 Å². The van der Waals surface area contributed by atoms with Gasteiger partial charge in [-0.2, -0.15) is 5.10 Å². The van der Waals surface area contributed by atoms with Gasteiger partial charge in [-0.25, -0.2) is 9.48 Å². The summed E-state index contributed by atoms with van der Waals surface area (Å²) in [6, 6.07) is 27.0. The Labute approximate surface area is 209 Å². The highest BCUT2D eigenvalue weighted by Crippen LogP contribution is 2.26. The van der Waals surface area contributed by atoms with Crippen molar-refractivity contribution in [2.75, 3.05) is 0 Å². The van der Waals surface area contributed by atoms with Gasteiger partial charge >= 0.3 is 5.97 Å². The summed E-state index contributed by atoms with van der Waals surface area (Å²) in [5.41, 5.74) is 4.16. The van der Waals surface area contributed by atoms with E-state index in [1.54, 1.807) is 10.8 Å². The standard InChI is InChI=1S/C27H19BrN4O3/c28-22-14-11-19(12-15-22)26-21(17-32(31-26)23-9-5-2-6-10-23)13-16-25(33)34-18-24-29-30-27(35-24)20-7-3-1-4-8-20/h1-17H,18H2/b16-13+. The van der Waals surface area contributed by atoms with Gasteiger partial charge in [-0.05, 0) is 42.5 Å². The Balaban J connectivity index is 1.32. The molecule has 35 heavy (non-hydrogen) atoms. The number of rotatable bonds is 7. The molecule has 0 aliphatic rings. The van der Waals surface area contributed by atoms with E-state index in [0.717, 1.165) is 32.5 Å². The lowest BCUT2D eigenvalue weighted by atomic mass is 10.1. The molecule has 0 atom stereocenters. The second-order valence-electron chi connectivity index (χ2n) is 7.53. The molecule has 172 valence electrons. The van der Waals surface area contributed by atoms with Crippen molar-refractivity contribution in [3.63, 3.8) is 0 Å². The molecule has 0 saturated heterocycles. The number of aromatic nitrogens is 4. The van der Waals surface area contributed by atoms with E-state index in [-0.39, 0.29) is 12.5 Å². The number of halogens is 1. The summed E-state index contributed by atoms with van der Waals surface area (Å²) in [6.07, 6.45) is 4.93. The SMILES string of the molecule is O=C(/C=C/c1cn(-c2ccccc2)nc1-c1ccc(Br)cc1)OCc1nnc(-c2ccccc2)o1. The monoisotopic (exact) mass is 526 g/mol. The van der Waals surface area contributed by atoms with Gasteiger partial charge in [-0.1, -0.05) is 64.5 Å². The smallest absolute Gasteiger partial charge is 0.331 e. The van der Waals surface area contributed by atoms with Crippen LogP contribution in [0.2, 0.25) is 0 Å². The van der Waals surface area contributed by atoms with Crippen molar-refractivity contribution in [3.05, 3.63) is 113 Å². The largest absolute Gasteiger partial charge is 0.452 e. The summed E-state index contributed by atoms with van der Waals surface area (Å²) in [5, 5.41) is 12.7. The van der Waals surface area contributed by atoms with E-state index in [1.807, 2.05) is 91.1 Å². The summed E-state index contributed by atoms with van der Waals surface area (Å²) < 4.78 is 13.6. The van der Waals surface area contributed by atoms with Crippen LogP contribution in [-0.2, 0) is 16.1 Å². The number of nitrogens with zero attached hydrogens (tertiary/aromatic N) is 4. The molecule has 0 aliphatic heterocycles. The molecule has 0 fully saturated rings. The van der Waals surface area contributed by atoms with E-state index in [9.17, 15) is 4.79 Å².